The van der Waals surface area contributed by atoms with Crippen molar-refractivity contribution >= 4 is 28.6 Å². The van der Waals surface area contributed by atoms with Crippen LogP contribution in [-0.2, 0) is 17.8 Å². The molecule has 1 N–H and O–H groups in total. The molecule has 158 valence electrons. The second-order valence-corrected chi connectivity index (χ2v) is 8.25. The first kappa shape index (κ1) is 22.1. The third-order valence-corrected chi connectivity index (χ3v) is 5.93. The Balaban J connectivity index is 1.71. The van der Waals surface area contributed by atoms with Crippen molar-refractivity contribution in [1.29, 1.82) is 0 Å². The summed E-state index contributed by atoms with van der Waals surface area (Å²) in [5.74, 6) is 0.240. The predicted molar refractivity (Wildman–Crippen MR) is 124 cm³/mol. The molecule has 30 heavy (non-hydrogen) atoms. The third-order valence-electron chi connectivity index (χ3n) is 4.95. The van der Waals surface area contributed by atoms with E-state index in [-0.39, 0.29) is 17.2 Å². The quantitative estimate of drug-likeness (QED) is 0.282. The third kappa shape index (κ3) is 6.20. The van der Waals surface area contributed by atoms with Crippen LogP contribution in [-0.4, -0.2) is 27.8 Å². The number of para-hydroxylation sites is 1. The molecule has 1 amide bonds. The first-order valence-electron chi connectivity index (χ1n) is 10.6. The Morgan fingerprint density at radius 1 is 1.03 bits per heavy atom. The second kappa shape index (κ2) is 11.6. The molecule has 6 heteroatoms. The van der Waals surface area contributed by atoms with Gasteiger partial charge in [0.05, 0.1) is 16.7 Å². The highest BCUT2D eigenvalue weighted by atomic mass is 32.2. The lowest BCUT2D eigenvalue weighted by Gasteiger charge is -2.13. The number of hydrogen-bond acceptors (Lipinski definition) is 4. The maximum atomic E-state index is 13.1. The van der Waals surface area contributed by atoms with Gasteiger partial charge in [-0.25, -0.2) is 4.98 Å². The zero-order valence-electron chi connectivity index (χ0n) is 17.5. The van der Waals surface area contributed by atoms with Crippen molar-refractivity contribution in [2.75, 3.05) is 12.3 Å². The van der Waals surface area contributed by atoms with Gasteiger partial charge in [-0.1, -0.05) is 74.0 Å². The summed E-state index contributed by atoms with van der Waals surface area (Å²) in [6.07, 6.45) is 4.95. The van der Waals surface area contributed by atoms with Crippen LogP contribution in [0, 0.1) is 0 Å². The summed E-state index contributed by atoms with van der Waals surface area (Å²) < 4.78 is 1.72. The molecule has 0 saturated heterocycles. The van der Waals surface area contributed by atoms with E-state index in [0.717, 1.165) is 32.1 Å². The van der Waals surface area contributed by atoms with E-state index in [2.05, 4.69) is 29.4 Å². The fourth-order valence-corrected chi connectivity index (χ4v) is 4.18. The molecular weight excluding hydrogens is 394 g/mol. The van der Waals surface area contributed by atoms with Crippen LogP contribution >= 0.6 is 11.8 Å². The van der Waals surface area contributed by atoms with E-state index in [0.29, 0.717) is 29.1 Å². The molecule has 1 aromatic heterocycles. The molecule has 0 spiro atoms. The minimum atomic E-state index is -0.0421. The van der Waals surface area contributed by atoms with Gasteiger partial charge in [0.1, 0.15) is 0 Å². The lowest BCUT2D eigenvalue weighted by atomic mass is 10.1. The van der Waals surface area contributed by atoms with Crippen LogP contribution in [0.15, 0.2) is 64.5 Å². The average molecular weight is 424 g/mol. The summed E-state index contributed by atoms with van der Waals surface area (Å²) in [5, 5.41) is 4.17. The number of hydrogen-bond donors (Lipinski definition) is 1. The van der Waals surface area contributed by atoms with Crippen molar-refractivity contribution in [3.05, 3.63) is 70.5 Å². The molecule has 5 nitrogen and oxygen atoms in total. The number of amides is 1. The lowest BCUT2D eigenvalue weighted by Crippen LogP contribution is -2.28. The number of nitrogens with one attached hydrogen (secondary N) is 1. The molecule has 0 aliphatic rings. The van der Waals surface area contributed by atoms with E-state index in [1.165, 1.54) is 17.3 Å². The lowest BCUT2D eigenvalue weighted by molar-refractivity contribution is -0.118. The summed E-state index contributed by atoms with van der Waals surface area (Å²) in [4.78, 5) is 30.0. The first-order valence-corrected chi connectivity index (χ1v) is 11.6. The molecule has 0 fully saturated rings. The van der Waals surface area contributed by atoms with Gasteiger partial charge in [0.25, 0.3) is 5.56 Å². The normalized spacial score (nSPS) is 11.0. The number of thioether (sulfide) groups is 1. The van der Waals surface area contributed by atoms with Crippen molar-refractivity contribution in [2.24, 2.45) is 0 Å². The Bertz CT molecular complexity index is 1020. The molecule has 2 aromatic carbocycles. The van der Waals surface area contributed by atoms with E-state index in [4.69, 9.17) is 0 Å². The molecular formula is C24H29N3O2S. The minimum Gasteiger partial charge on any atom is -0.355 e. The van der Waals surface area contributed by atoms with Crippen LogP contribution in [0.3, 0.4) is 0 Å². The van der Waals surface area contributed by atoms with E-state index in [9.17, 15) is 9.59 Å². The van der Waals surface area contributed by atoms with Gasteiger partial charge in [-0.2, -0.15) is 0 Å². The molecule has 0 aliphatic heterocycles. The van der Waals surface area contributed by atoms with Gasteiger partial charge in [-0.05, 0) is 37.0 Å². The van der Waals surface area contributed by atoms with Crippen molar-refractivity contribution in [3.8, 4) is 0 Å². The second-order valence-electron chi connectivity index (χ2n) is 7.30. The highest BCUT2D eigenvalue weighted by Gasteiger charge is 2.13. The molecule has 3 rings (SSSR count). The predicted octanol–water partition coefficient (Wildman–Crippen LogP) is 4.43. The molecule has 0 radical (unpaired) electrons. The van der Waals surface area contributed by atoms with E-state index >= 15 is 0 Å². The molecule has 0 bridgehead atoms. The van der Waals surface area contributed by atoms with E-state index < -0.39 is 0 Å². The number of carbonyl (C=O) groups excluding carboxylic acids is 1. The Hall–Kier alpha value is -2.60. The van der Waals surface area contributed by atoms with Crippen molar-refractivity contribution in [2.45, 2.75) is 50.7 Å². The Labute approximate surface area is 181 Å². The summed E-state index contributed by atoms with van der Waals surface area (Å²) in [6.45, 7) is 3.41. The number of fused-ring (bicyclic) bond motifs is 1. The number of unbranched alkanes of at least 4 members (excludes halogenated alkanes) is 2. The van der Waals surface area contributed by atoms with Gasteiger partial charge in [0.15, 0.2) is 5.16 Å². The van der Waals surface area contributed by atoms with Crippen molar-refractivity contribution < 1.29 is 4.79 Å². The monoisotopic (exact) mass is 423 g/mol. The van der Waals surface area contributed by atoms with Crippen LogP contribution in [0.25, 0.3) is 10.9 Å². The van der Waals surface area contributed by atoms with Crippen LogP contribution in [0.5, 0.6) is 0 Å². The van der Waals surface area contributed by atoms with Crippen molar-refractivity contribution in [1.82, 2.24) is 14.9 Å². The summed E-state index contributed by atoms with van der Waals surface area (Å²) in [7, 11) is 0. The standard InChI is InChI=1S/C24H29N3O2S/c1-2-3-9-16-25-22(28)18-30-24-26-21-15-8-7-14-20(21)23(29)27(24)17-10-13-19-11-5-4-6-12-19/h4-8,11-12,14-15H,2-3,9-10,13,16-18H2,1H3,(H,25,28). The molecule has 0 unspecified atom stereocenters. The minimum absolute atomic E-state index is 0.0191. The fourth-order valence-electron chi connectivity index (χ4n) is 3.32. The molecule has 0 atom stereocenters. The Morgan fingerprint density at radius 2 is 1.80 bits per heavy atom. The summed E-state index contributed by atoms with van der Waals surface area (Å²) in [6, 6.07) is 17.6. The molecule has 0 saturated carbocycles. The van der Waals surface area contributed by atoms with E-state index in [1.807, 2.05) is 42.5 Å². The van der Waals surface area contributed by atoms with Crippen LogP contribution in [0.2, 0.25) is 0 Å². The van der Waals surface area contributed by atoms with E-state index in [1.54, 1.807) is 4.57 Å². The molecule has 0 aliphatic carbocycles. The number of benzene rings is 2. The molecule has 3 aromatic rings. The number of carbonyl (C=O) groups is 1. The van der Waals surface area contributed by atoms with Crippen LogP contribution in [0.4, 0.5) is 0 Å². The first-order chi connectivity index (χ1) is 14.7. The maximum absolute atomic E-state index is 13.1. The SMILES string of the molecule is CCCCCNC(=O)CSc1nc2ccccc2c(=O)n1CCCc1ccccc1. The summed E-state index contributed by atoms with van der Waals surface area (Å²) in [5.41, 5.74) is 1.88. The van der Waals surface area contributed by atoms with Gasteiger partial charge >= 0.3 is 0 Å². The molecule has 1 heterocycles. The number of aryl methyl sites for hydroxylation is 1. The van der Waals surface area contributed by atoms with Gasteiger partial charge in [0.2, 0.25) is 5.91 Å². The zero-order valence-corrected chi connectivity index (χ0v) is 18.3. The van der Waals surface area contributed by atoms with Gasteiger partial charge in [0, 0.05) is 13.1 Å². The van der Waals surface area contributed by atoms with Gasteiger partial charge in [-0.15, -0.1) is 0 Å². The largest absolute Gasteiger partial charge is 0.355 e. The Morgan fingerprint density at radius 3 is 2.60 bits per heavy atom. The van der Waals surface area contributed by atoms with Crippen molar-refractivity contribution in [3.63, 3.8) is 0 Å². The van der Waals surface area contributed by atoms with Gasteiger partial charge < -0.3 is 5.32 Å². The maximum Gasteiger partial charge on any atom is 0.262 e. The van der Waals surface area contributed by atoms with Crippen LogP contribution < -0.4 is 10.9 Å². The number of aromatic nitrogens is 2. The smallest absolute Gasteiger partial charge is 0.262 e. The topological polar surface area (TPSA) is 64.0 Å². The number of nitrogens with zero attached hydrogens (tertiary/aromatic N) is 2. The fraction of sp³-hybridized carbons (Fsp3) is 0.375. The zero-order chi connectivity index (χ0) is 21.2. The Kier molecular flexibility index (Phi) is 8.51. The number of rotatable bonds is 11. The van der Waals surface area contributed by atoms with Gasteiger partial charge in [-0.3, -0.25) is 14.2 Å². The average Bonchev–Trinajstić information content (AvgIpc) is 2.78. The summed E-state index contributed by atoms with van der Waals surface area (Å²) >= 11 is 1.33. The highest BCUT2D eigenvalue weighted by Crippen LogP contribution is 2.18. The highest BCUT2D eigenvalue weighted by molar-refractivity contribution is 7.99. The van der Waals surface area contributed by atoms with Crippen LogP contribution in [0.1, 0.15) is 38.2 Å².